The first-order chi connectivity index (χ1) is 13.2. The van der Waals surface area contributed by atoms with Crippen LogP contribution in [-0.2, 0) is 36.7 Å². The molecule has 2 rings (SSSR count). The third-order valence-electron chi connectivity index (χ3n) is 4.63. The minimum Gasteiger partial charge on any atom is -0.469 e. The lowest BCUT2D eigenvalue weighted by Crippen LogP contribution is -2.18. The third kappa shape index (κ3) is 6.17. The molecule has 0 aliphatic rings. The number of carbonyl (C=O) groups excluding carboxylic acids is 1. The van der Waals surface area contributed by atoms with Crippen molar-refractivity contribution in [1.29, 1.82) is 0 Å². The minimum atomic E-state index is -3.77. The molecule has 0 spiro atoms. The zero-order chi connectivity index (χ0) is 20.7. The van der Waals surface area contributed by atoms with Crippen LogP contribution in [-0.4, -0.2) is 28.1 Å². The molecule has 0 N–H and O–H groups in total. The monoisotopic (exact) mass is 404 g/mol. The van der Waals surface area contributed by atoms with Crippen molar-refractivity contribution in [2.45, 2.75) is 38.5 Å². The summed E-state index contributed by atoms with van der Waals surface area (Å²) in [5.41, 5.74) is 3.14. The van der Waals surface area contributed by atoms with Gasteiger partial charge in [0.25, 0.3) is 10.1 Å². The van der Waals surface area contributed by atoms with Crippen molar-refractivity contribution in [1.82, 2.24) is 0 Å². The number of esters is 1. The van der Waals surface area contributed by atoms with Crippen molar-refractivity contribution < 1.29 is 22.1 Å². The number of hydrogen-bond donors (Lipinski definition) is 0. The van der Waals surface area contributed by atoms with Crippen molar-refractivity contribution in [3.63, 3.8) is 0 Å². The fraction of sp³-hybridized carbons (Fsp3) is 0.409. The van der Waals surface area contributed by atoms with E-state index in [0.717, 1.165) is 16.7 Å². The molecule has 0 heterocycles. The van der Waals surface area contributed by atoms with Gasteiger partial charge < -0.3 is 4.74 Å². The van der Waals surface area contributed by atoms with Crippen LogP contribution in [0, 0.1) is 18.8 Å². The van der Waals surface area contributed by atoms with Gasteiger partial charge in [0, 0.05) is 0 Å². The molecule has 6 heteroatoms. The van der Waals surface area contributed by atoms with Crippen molar-refractivity contribution in [3.8, 4) is 0 Å². The quantitative estimate of drug-likeness (QED) is 0.468. The summed E-state index contributed by atoms with van der Waals surface area (Å²) in [4.78, 5) is 11.9. The summed E-state index contributed by atoms with van der Waals surface area (Å²) in [7, 11) is -2.38. The van der Waals surface area contributed by atoms with E-state index >= 15 is 0 Å². The van der Waals surface area contributed by atoms with Crippen molar-refractivity contribution in [2.75, 3.05) is 13.7 Å². The zero-order valence-electron chi connectivity index (χ0n) is 16.8. The molecule has 0 radical (unpaired) electrons. The standard InChI is InChI=1S/C22H28O5S/c1-16-9-11-21(12-10-16)28(24,25)27-15-17(2)13-19-7-5-6-8-20(19)14-18(3)22(23)26-4/h5-12,17-18H,13-15H2,1-4H3/t17-,18-/m0/s1. The molecule has 0 saturated heterocycles. The number of benzene rings is 2. The topological polar surface area (TPSA) is 69.7 Å². The predicted octanol–water partition coefficient (Wildman–Crippen LogP) is 3.93. The Morgan fingerprint density at radius 1 is 0.964 bits per heavy atom. The first-order valence-electron chi connectivity index (χ1n) is 9.33. The third-order valence-corrected chi connectivity index (χ3v) is 5.93. The summed E-state index contributed by atoms with van der Waals surface area (Å²) in [5, 5.41) is 0. The molecule has 5 nitrogen and oxygen atoms in total. The number of carbonyl (C=O) groups is 1. The highest BCUT2D eigenvalue weighted by atomic mass is 32.2. The van der Waals surface area contributed by atoms with Gasteiger partial charge in [-0.25, -0.2) is 0 Å². The van der Waals surface area contributed by atoms with E-state index in [0.29, 0.717) is 12.8 Å². The number of ether oxygens (including phenoxy) is 1. The van der Waals surface area contributed by atoms with E-state index in [1.165, 1.54) is 7.11 Å². The number of hydrogen-bond acceptors (Lipinski definition) is 5. The Balaban J connectivity index is 2.00. The van der Waals surface area contributed by atoms with Gasteiger partial charge in [0.05, 0.1) is 24.5 Å². The van der Waals surface area contributed by atoms with Gasteiger partial charge in [-0.3, -0.25) is 8.98 Å². The van der Waals surface area contributed by atoms with Crippen LogP contribution in [0.2, 0.25) is 0 Å². The normalized spacial score (nSPS) is 13.7. The molecule has 0 aliphatic heterocycles. The minimum absolute atomic E-state index is 0.00481. The lowest BCUT2D eigenvalue weighted by Gasteiger charge is -2.17. The van der Waals surface area contributed by atoms with E-state index in [9.17, 15) is 13.2 Å². The molecule has 0 aliphatic carbocycles. The Bertz CT molecular complexity index is 887. The average molecular weight is 405 g/mol. The van der Waals surface area contributed by atoms with E-state index in [1.807, 2.05) is 45.0 Å². The largest absolute Gasteiger partial charge is 0.469 e. The van der Waals surface area contributed by atoms with Crippen LogP contribution in [0.1, 0.15) is 30.5 Å². The van der Waals surface area contributed by atoms with Gasteiger partial charge in [0.15, 0.2) is 0 Å². The Labute approximate surface area is 167 Å². The van der Waals surface area contributed by atoms with Gasteiger partial charge in [-0.05, 0) is 48.9 Å². The first kappa shape index (κ1) is 22.1. The van der Waals surface area contributed by atoms with E-state index in [-0.39, 0.29) is 29.3 Å². The molecule has 0 bridgehead atoms. The van der Waals surface area contributed by atoms with Crippen LogP contribution in [0.25, 0.3) is 0 Å². The lowest BCUT2D eigenvalue weighted by atomic mass is 9.92. The summed E-state index contributed by atoms with van der Waals surface area (Å²) >= 11 is 0. The highest BCUT2D eigenvalue weighted by molar-refractivity contribution is 7.86. The molecular formula is C22H28O5S. The van der Waals surface area contributed by atoms with Crippen LogP contribution in [0.4, 0.5) is 0 Å². The van der Waals surface area contributed by atoms with Crippen molar-refractivity contribution in [2.24, 2.45) is 11.8 Å². The average Bonchev–Trinajstić information content (AvgIpc) is 2.67. The van der Waals surface area contributed by atoms with Gasteiger partial charge >= 0.3 is 5.97 Å². The van der Waals surface area contributed by atoms with Crippen LogP contribution < -0.4 is 0 Å². The first-order valence-corrected chi connectivity index (χ1v) is 10.7. The lowest BCUT2D eigenvalue weighted by molar-refractivity contribution is -0.144. The number of methoxy groups -OCH3 is 1. The highest BCUT2D eigenvalue weighted by Crippen LogP contribution is 2.20. The number of aryl methyl sites for hydroxylation is 1. The molecule has 0 amide bonds. The van der Waals surface area contributed by atoms with Gasteiger partial charge in [0.2, 0.25) is 0 Å². The number of rotatable bonds is 9. The van der Waals surface area contributed by atoms with Gasteiger partial charge in [-0.2, -0.15) is 8.42 Å². The second-order valence-electron chi connectivity index (χ2n) is 7.26. The van der Waals surface area contributed by atoms with Gasteiger partial charge in [0.1, 0.15) is 0 Å². The summed E-state index contributed by atoms with van der Waals surface area (Å²) in [6.45, 7) is 5.78. The molecule has 0 unspecified atom stereocenters. The molecule has 0 saturated carbocycles. The van der Waals surface area contributed by atoms with E-state index < -0.39 is 10.1 Å². The molecule has 2 aromatic carbocycles. The Kier molecular flexibility index (Phi) is 7.78. The van der Waals surface area contributed by atoms with Crippen molar-refractivity contribution >= 4 is 16.1 Å². The second kappa shape index (κ2) is 9.85. The van der Waals surface area contributed by atoms with Crippen LogP contribution in [0.3, 0.4) is 0 Å². The van der Waals surface area contributed by atoms with Crippen LogP contribution >= 0.6 is 0 Å². The molecule has 152 valence electrons. The maximum Gasteiger partial charge on any atom is 0.308 e. The summed E-state index contributed by atoms with van der Waals surface area (Å²) < 4.78 is 34.8. The van der Waals surface area contributed by atoms with E-state index in [1.54, 1.807) is 24.3 Å². The fourth-order valence-corrected chi connectivity index (χ4v) is 4.00. The molecule has 2 atom stereocenters. The van der Waals surface area contributed by atoms with Crippen molar-refractivity contribution in [3.05, 3.63) is 65.2 Å². The predicted molar refractivity (Wildman–Crippen MR) is 109 cm³/mol. The summed E-state index contributed by atoms with van der Waals surface area (Å²) in [5.74, 6) is -0.482. The van der Waals surface area contributed by atoms with Gasteiger partial charge in [-0.15, -0.1) is 0 Å². The molecule has 0 fully saturated rings. The summed E-state index contributed by atoms with van der Waals surface area (Å²) in [6, 6.07) is 14.5. The fourth-order valence-electron chi connectivity index (χ4n) is 2.98. The molecule has 2 aromatic rings. The van der Waals surface area contributed by atoms with E-state index in [2.05, 4.69) is 0 Å². The molecule has 28 heavy (non-hydrogen) atoms. The second-order valence-corrected chi connectivity index (χ2v) is 8.87. The Hall–Kier alpha value is -2.18. The maximum atomic E-state index is 12.3. The highest BCUT2D eigenvalue weighted by Gasteiger charge is 2.19. The van der Waals surface area contributed by atoms with E-state index in [4.69, 9.17) is 8.92 Å². The Morgan fingerprint density at radius 2 is 1.54 bits per heavy atom. The SMILES string of the molecule is COC(=O)[C@@H](C)Cc1ccccc1C[C@H](C)COS(=O)(=O)c1ccc(C)cc1. The maximum absolute atomic E-state index is 12.3. The summed E-state index contributed by atoms with van der Waals surface area (Å²) in [6.07, 6.45) is 1.24. The van der Waals surface area contributed by atoms with Crippen LogP contribution in [0.5, 0.6) is 0 Å². The molecular weight excluding hydrogens is 376 g/mol. The molecule has 0 aromatic heterocycles. The van der Waals surface area contributed by atoms with Crippen LogP contribution in [0.15, 0.2) is 53.4 Å². The zero-order valence-corrected chi connectivity index (χ0v) is 17.7. The van der Waals surface area contributed by atoms with Gasteiger partial charge in [-0.1, -0.05) is 55.8 Å². The smallest absolute Gasteiger partial charge is 0.308 e. The Morgan fingerprint density at radius 3 is 2.11 bits per heavy atom.